The number of hydrogen-bond acceptors (Lipinski definition) is 5. The van der Waals surface area contributed by atoms with E-state index in [2.05, 4.69) is 58.3 Å². The van der Waals surface area contributed by atoms with Crippen molar-refractivity contribution in [3.05, 3.63) is 11.6 Å². The maximum Gasteiger partial charge on any atom is 0.407 e. The van der Waals surface area contributed by atoms with Crippen LogP contribution in [-0.2, 0) is 14.3 Å². The highest BCUT2D eigenvalue weighted by Gasteiger charge is 2.59. The molecular formula is C48H86N4O4. The molecule has 3 fully saturated rings. The minimum Gasteiger partial charge on any atom is -0.446 e. The number of nitrogens with one attached hydrogen (secondary N) is 2. The number of carbonyl (C=O) groups excluding carboxylic acids is 3. The van der Waals surface area contributed by atoms with E-state index in [1.165, 1.54) is 83.5 Å². The highest BCUT2D eigenvalue weighted by molar-refractivity contribution is 5.84. The number of hydrogen-bond donors (Lipinski definition) is 3. The molecule has 4 rings (SSSR count). The van der Waals surface area contributed by atoms with Gasteiger partial charge in [-0.25, -0.2) is 4.79 Å². The van der Waals surface area contributed by atoms with Gasteiger partial charge in [-0.1, -0.05) is 117 Å². The number of unbranched alkanes of at least 4 members (excludes halogenated alkanes) is 8. The van der Waals surface area contributed by atoms with Gasteiger partial charge in [0.2, 0.25) is 11.8 Å². The Balaban J connectivity index is 1.19. The Kier molecular flexibility index (Phi) is 19.5. The number of allylic oxidation sites excluding steroid dienone is 1. The summed E-state index contributed by atoms with van der Waals surface area (Å²) in [4.78, 5) is 40.4. The van der Waals surface area contributed by atoms with Gasteiger partial charge in [0.15, 0.2) is 0 Å². The zero-order chi connectivity index (χ0) is 40.6. The number of nitrogens with zero attached hydrogens (tertiary/aromatic N) is 1. The lowest BCUT2D eigenvalue weighted by molar-refractivity contribution is -0.136. The second-order valence-electron chi connectivity index (χ2n) is 19.7. The average Bonchev–Trinajstić information content (AvgIpc) is 3.52. The van der Waals surface area contributed by atoms with E-state index in [1.807, 2.05) is 0 Å². The van der Waals surface area contributed by atoms with Gasteiger partial charge in [-0.05, 0) is 124 Å². The summed E-state index contributed by atoms with van der Waals surface area (Å²) < 4.78 is 6.03. The van der Waals surface area contributed by atoms with Crippen LogP contribution in [-0.4, -0.2) is 61.6 Å². The van der Waals surface area contributed by atoms with Crippen LogP contribution in [0.4, 0.5) is 4.79 Å². The smallest absolute Gasteiger partial charge is 0.407 e. The first-order valence-corrected chi connectivity index (χ1v) is 23.8. The van der Waals surface area contributed by atoms with Crippen molar-refractivity contribution in [3.63, 3.8) is 0 Å². The Hall–Kier alpha value is -2.09. The van der Waals surface area contributed by atoms with Gasteiger partial charge in [0.1, 0.15) is 6.10 Å². The summed E-state index contributed by atoms with van der Waals surface area (Å²) in [5.41, 5.74) is 7.87. The van der Waals surface area contributed by atoms with Crippen LogP contribution in [0.3, 0.4) is 0 Å². The van der Waals surface area contributed by atoms with Crippen LogP contribution < -0.4 is 16.4 Å². The maximum atomic E-state index is 13.2. The molecule has 4 aliphatic carbocycles. The summed E-state index contributed by atoms with van der Waals surface area (Å²) in [7, 11) is 0. The van der Waals surface area contributed by atoms with Crippen molar-refractivity contribution in [2.45, 2.75) is 195 Å². The summed E-state index contributed by atoms with van der Waals surface area (Å²) >= 11 is 0. The standard InChI is InChI=1S/C48H86N4O4/c1-7-8-9-10-11-12-13-14-21-45(54)52(35-44(53)50-32-18-30-49)33-16-15-31-51-46(55)56-39-26-28-47(5)38(34-39)22-23-40-42-25-24-41(37(4)20-17-19-36(2)3)48(42,6)29-27-43(40)47/h22,36-37,39-43H,7-21,23-35,49H2,1-6H3,(H,50,53)(H,51,55)/t37-,39+,40+,41-,42+,43+,47+,48-/m1/s1. The van der Waals surface area contributed by atoms with Crippen molar-refractivity contribution in [1.29, 1.82) is 0 Å². The Bertz CT molecular complexity index is 1240. The molecule has 8 nitrogen and oxygen atoms in total. The van der Waals surface area contributed by atoms with Crippen LogP contribution in [0.5, 0.6) is 0 Å². The predicted molar refractivity (Wildman–Crippen MR) is 231 cm³/mol. The SMILES string of the molecule is CCCCCCCCCCC(=O)N(CCCCNC(=O)O[C@H]1CC[C@@]2(C)C(=CC[C@H]3[C@@H]4CC[C@H]([C@H](C)CCCC(C)C)[C@@]4(C)CC[C@@H]32)C1)CC(=O)NCCCN. The highest BCUT2D eigenvalue weighted by Crippen LogP contribution is 2.67. The van der Waals surface area contributed by atoms with Crippen LogP contribution in [0.15, 0.2) is 11.6 Å². The average molecular weight is 783 g/mol. The third-order valence-electron chi connectivity index (χ3n) is 15.3. The Morgan fingerprint density at radius 3 is 2.30 bits per heavy atom. The molecule has 8 heteroatoms. The number of nitrogens with two attached hydrogens (primary N) is 1. The second-order valence-corrected chi connectivity index (χ2v) is 19.7. The van der Waals surface area contributed by atoms with Gasteiger partial charge in [0.25, 0.3) is 0 Å². The monoisotopic (exact) mass is 783 g/mol. The van der Waals surface area contributed by atoms with Gasteiger partial charge in [0, 0.05) is 32.5 Å². The van der Waals surface area contributed by atoms with E-state index in [0.29, 0.717) is 44.4 Å². The van der Waals surface area contributed by atoms with Gasteiger partial charge in [-0.2, -0.15) is 0 Å². The molecule has 56 heavy (non-hydrogen) atoms. The Labute approximate surface area is 343 Å². The number of rotatable bonds is 25. The Morgan fingerprint density at radius 1 is 0.839 bits per heavy atom. The zero-order valence-electron chi connectivity index (χ0n) is 37.1. The molecule has 4 N–H and O–H groups in total. The van der Waals surface area contributed by atoms with Crippen LogP contribution >= 0.6 is 0 Å². The lowest BCUT2D eigenvalue weighted by atomic mass is 9.47. The molecule has 0 spiro atoms. The summed E-state index contributed by atoms with van der Waals surface area (Å²) in [5, 5.41) is 5.88. The molecule has 0 aromatic heterocycles. The van der Waals surface area contributed by atoms with Crippen LogP contribution in [0.2, 0.25) is 0 Å². The molecule has 3 amide bonds. The van der Waals surface area contributed by atoms with Crippen molar-refractivity contribution in [3.8, 4) is 0 Å². The van der Waals surface area contributed by atoms with E-state index in [0.717, 1.165) is 86.9 Å². The molecule has 0 aromatic carbocycles. The van der Waals surface area contributed by atoms with Crippen LogP contribution in [0.1, 0.15) is 189 Å². The molecule has 0 saturated heterocycles. The fourth-order valence-electron chi connectivity index (χ4n) is 12.0. The molecule has 4 aliphatic rings. The minimum atomic E-state index is -0.331. The third-order valence-corrected chi connectivity index (χ3v) is 15.3. The summed E-state index contributed by atoms with van der Waals surface area (Å²) in [6.07, 6.45) is 28.1. The number of alkyl carbamates (subject to hydrolysis) is 1. The normalized spacial score (nSPS) is 28.8. The lowest BCUT2D eigenvalue weighted by Crippen LogP contribution is -2.51. The molecule has 0 heterocycles. The summed E-state index contributed by atoms with van der Waals surface area (Å²) in [6, 6.07) is 0. The first-order valence-electron chi connectivity index (χ1n) is 23.8. The van der Waals surface area contributed by atoms with Crippen molar-refractivity contribution in [2.75, 3.05) is 32.7 Å². The quantitative estimate of drug-likeness (QED) is 0.0630. The molecule has 0 bridgehead atoms. The number of ether oxygens (including phenoxy) is 1. The highest BCUT2D eigenvalue weighted by atomic mass is 16.6. The molecule has 8 atom stereocenters. The Morgan fingerprint density at radius 2 is 1.57 bits per heavy atom. The van der Waals surface area contributed by atoms with E-state index in [9.17, 15) is 14.4 Å². The van der Waals surface area contributed by atoms with E-state index in [-0.39, 0.29) is 36.0 Å². The van der Waals surface area contributed by atoms with Gasteiger partial charge in [0.05, 0.1) is 6.54 Å². The number of fused-ring (bicyclic) bond motifs is 5. The van der Waals surface area contributed by atoms with Crippen molar-refractivity contribution >= 4 is 17.9 Å². The van der Waals surface area contributed by atoms with Crippen molar-refractivity contribution in [1.82, 2.24) is 15.5 Å². The summed E-state index contributed by atoms with van der Waals surface area (Å²) in [6.45, 7) is 16.9. The molecule has 0 aliphatic heterocycles. The fraction of sp³-hybridized carbons (Fsp3) is 0.896. The topological polar surface area (TPSA) is 114 Å². The second kappa shape index (κ2) is 23.5. The number of amides is 3. The van der Waals surface area contributed by atoms with E-state index < -0.39 is 0 Å². The summed E-state index contributed by atoms with van der Waals surface area (Å²) in [5.74, 6) is 4.85. The van der Waals surface area contributed by atoms with Gasteiger partial charge >= 0.3 is 6.09 Å². The van der Waals surface area contributed by atoms with Gasteiger partial charge < -0.3 is 26.0 Å². The first kappa shape index (κ1) is 46.6. The molecule has 3 saturated carbocycles. The largest absolute Gasteiger partial charge is 0.446 e. The third kappa shape index (κ3) is 13.2. The lowest BCUT2D eigenvalue weighted by Gasteiger charge is -2.58. The predicted octanol–water partition coefficient (Wildman–Crippen LogP) is 10.7. The van der Waals surface area contributed by atoms with Crippen LogP contribution in [0, 0.1) is 46.3 Å². The zero-order valence-corrected chi connectivity index (χ0v) is 37.1. The molecular weight excluding hydrogens is 697 g/mol. The first-order chi connectivity index (χ1) is 26.9. The minimum absolute atomic E-state index is 0.0433. The van der Waals surface area contributed by atoms with E-state index in [4.69, 9.17) is 10.5 Å². The fourth-order valence-corrected chi connectivity index (χ4v) is 12.0. The van der Waals surface area contributed by atoms with Gasteiger partial charge in [-0.3, -0.25) is 9.59 Å². The van der Waals surface area contributed by atoms with Crippen molar-refractivity contribution < 1.29 is 19.1 Å². The van der Waals surface area contributed by atoms with E-state index >= 15 is 0 Å². The molecule has 322 valence electrons. The maximum absolute atomic E-state index is 13.2. The van der Waals surface area contributed by atoms with Crippen LogP contribution in [0.25, 0.3) is 0 Å². The number of carbonyl (C=O) groups is 3. The molecule has 0 radical (unpaired) electrons. The van der Waals surface area contributed by atoms with Gasteiger partial charge in [-0.15, -0.1) is 0 Å². The van der Waals surface area contributed by atoms with Crippen molar-refractivity contribution in [2.24, 2.45) is 52.1 Å². The molecule has 0 unspecified atom stereocenters. The molecule has 0 aromatic rings. The van der Waals surface area contributed by atoms with E-state index in [1.54, 1.807) is 10.5 Å².